The fourth-order valence-corrected chi connectivity index (χ4v) is 4.53. The lowest BCUT2D eigenvalue weighted by Gasteiger charge is -2.31. The molecule has 8 heteroatoms. The molecule has 8 nitrogen and oxygen atoms in total. The molecule has 0 saturated carbocycles. The molecule has 2 aromatic carbocycles. The molecule has 2 aromatic rings. The van der Waals surface area contributed by atoms with Crippen LogP contribution < -0.4 is 23.7 Å². The largest absolute Gasteiger partial charge is 0.493 e. The minimum atomic E-state index is -0.169. The third-order valence-corrected chi connectivity index (χ3v) is 6.15. The van der Waals surface area contributed by atoms with Crippen molar-refractivity contribution in [1.82, 2.24) is 4.90 Å². The first-order valence-electron chi connectivity index (χ1n) is 11.0. The number of ketones is 1. The quantitative estimate of drug-likeness (QED) is 0.614. The van der Waals surface area contributed by atoms with Gasteiger partial charge in [0.15, 0.2) is 17.3 Å². The summed E-state index contributed by atoms with van der Waals surface area (Å²) in [5.41, 5.74) is 2.12. The van der Waals surface area contributed by atoms with Crippen molar-refractivity contribution < 1.29 is 33.2 Å². The van der Waals surface area contributed by atoms with Crippen LogP contribution in [0.5, 0.6) is 28.7 Å². The second-order valence-electron chi connectivity index (χ2n) is 8.24. The molecule has 0 N–H and O–H groups in total. The average Bonchev–Trinajstić information content (AvgIpc) is 3.46. The Bertz CT molecular complexity index is 1080. The van der Waals surface area contributed by atoms with Crippen molar-refractivity contribution in [3.8, 4) is 28.7 Å². The summed E-state index contributed by atoms with van der Waals surface area (Å²) in [5, 5.41) is 0. The van der Waals surface area contributed by atoms with Gasteiger partial charge in [-0.2, -0.15) is 0 Å². The second kappa shape index (κ2) is 8.96. The van der Waals surface area contributed by atoms with Crippen molar-refractivity contribution in [2.24, 2.45) is 0 Å². The van der Waals surface area contributed by atoms with Crippen molar-refractivity contribution in [2.45, 2.75) is 25.5 Å². The van der Waals surface area contributed by atoms with Crippen LogP contribution in [0.15, 0.2) is 30.0 Å². The molecule has 3 aliphatic heterocycles. The van der Waals surface area contributed by atoms with Gasteiger partial charge in [0.1, 0.15) is 18.2 Å². The number of allylic oxidation sites excluding steroid dienone is 1. The Morgan fingerprint density at radius 2 is 1.91 bits per heavy atom. The van der Waals surface area contributed by atoms with Crippen LogP contribution in [-0.4, -0.2) is 58.0 Å². The lowest BCUT2D eigenvalue weighted by molar-refractivity contribution is 0.0274. The fraction of sp³-hybridized carbons (Fsp3) is 0.400. The van der Waals surface area contributed by atoms with Crippen molar-refractivity contribution in [1.29, 1.82) is 0 Å². The number of hydrogen-bond donors (Lipinski definition) is 0. The van der Waals surface area contributed by atoms with Crippen molar-refractivity contribution in [2.75, 3.05) is 41.2 Å². The number of benzene rings is 2. The van der Waals surface area contributed by atoms with Gasteiger partial charge in [0, 0.05) is 19.7 Å². The minimum absolute atomic E-state index is 0.169. The van der Waals surface area contributed by atoms with E-state index in [2.05, 4.69) is 4.90 Å². The smallest absolute Gasteiger partial charge is 0.231 e. The zero-order chi connectivity index (χ0) is 22.9. The SMILES string of the molecule is COc1cc(/C=C2\Oc3c(ccc4c3CN(C[C@H]3CCCO3)CO4)C2=O)cc(OC)c1OC. The maximum Gasteiger partial charge on any atom is 0.231 e. The number of ether oxygens (including phenoxy) is 6. The molecule has 0 unspecified atom stereocenters. The maximum atomic E-state index is 13.1. The number of Topliss-reactive ketones (excluding diaryl/α,β-unsaturated/α-hetero) is 1. The van der Waals surface area contributed by atoms with E-state index in [1.54, 1.807) is 45.6 Å². The summed E-state index contributed by atoms with van der Waals surface area (Å²) in [5.74, 6) is 2.88. The number of carbonyl (C=O) groups excluding carboxylic acids is 1. The minimum Gasteiger partial charge on any atom is -0.493 e. The first-order chi connectivity index (χ1) is 16.1. The van der Waals surface area contributed by atoms with Gasteiger partial charge in [-0.15, -0.1) is 0 Å². The number of hydrogen-bond acceptors (Lipinski definition) is 8. The van der Waals surface area contributed by atoms with Crippen LogP contribution >= 0.6 is 0 Å². The molecule has 1 fully saturated rings. The first-order valence-corrected chi connectivity index (χ1v) is 11.0. The maximum absolute atomic E-state index is 13.1. The molecule has 0 amide bonds. The Kier molecular flexibility index (Phi) is 5.86. The Morgan fingerprint density at radius 3 is 2.58 bits per heavy atom. The molecular formula is C25H27NO7. The normalized spacial score (nSPS) is 20.8. The highest BCUT2D eigenvalue weighted by molar-refractivity contribution is 6.15. The van der Waals surface area contributed by atoms with E-state index < -0.39 is 0 Å². The van der Waals surface area contributed by atoms with Crippen LogP contribution in [-0.2, 0) is 11.3 Å². The summed E-state index contributed by atoms with van der Waals surface area (Å²) in [6, 6.07) is 7.16. The Hall–Kier alpha value is -3.23. The summed E-state index contributed by atoms with van der Waals surface area (Å²) >= 11 is 0. The summed E-state index contributed by atoms with van der Waals surface area (Å²) in [4.78, 5) is 15.3. The molecule has 0 radical (unpaired) electrons. The van der Waals surface area contributed by atoms with E-state index in [0.29, 0.717) is 47.4 Å². The van der Waals surface area contributed by atoms with Crippen LogP contribution in [0.1, 0.15) is 34.3 Å². The molecule has 3 aliphatic rings. The number of carbonyl (C=O) groups is 1. The van der Waals surface area contributed by atoms with Crippen molar-refractivity contribution in [3.63, 3.8) is 0 Å². The van der Waals surface area contributed by atoms with Gasteiger partial charge in [-0.25, -0.2) is 0 Å². The first kappa shape index (κ1) is 21.6. The molecule has 1 atom stereocenters. The number of rotatable bonds is 6. The highest BCUT2D eigenvalue weighted by Crippen LogP contribution is 2.43. The fourth-order valence-electron chi connectivity index (χ4n) is 4.53. The van der Waals surface area contributed by atoms with Gasteiger partial charge in [0.05, 0.1) is 38.6 Å². The van der Waals surface area contributed by atoms with Gasteiger partial charge in [-0.3, -0.25) is 9.69 Å². The van der Waals surface area contributed by atoms with Crippen molar-refractivity contribution in [3.05, 3.63) is 46.7 Å². The summed E-state index contributed by atoms with van der Waals surface area (Å²) in [6.07, 6.45) is 4.07. The summed E-state index contributed by atoms with van der Waals surface area (Å²) in [7, 11) is 4.65. The van der Waals surface area contributed by atoms with Gasteiger partial charge < -0.3 is 28.4 Å². The molecule has 5 rings (SSSR count). The van der Waals surface area contributed by atoms with E-state index in [9.17, 15) is 4.79 Å². The van der Waals surface area contributed by atoms with E-state index in [1.165, 1.54) is 0 Å². The highest BCUT2D eigenvalue weighted by Gasteiger charge is 2.34. The Morgan fingerprint density at radius 1 is 1.12 bits per heavy atom. The third kappa shape index (κ3) is 4.00. The van der Waals surface area contributed by atoms with E-state index >= 15 is 0 Å². The molecule has 33 heavy (non-hydrogen) atoms. The predicted molar refractivity (Wildman–Crippen MR) is 120 cm³/mol. The number of nitrogens with zero attached hydrogens (tertiary/aromatic N) is 1. The molecule has 0 spiro atoms. The Labute approximate surface area is 192 Å². The van der Waals surface area contributed by atoms with E-state index in [1.807, 2.05) is 6.07 Å². The monoisotopic (exact) mass is 453 g/mol. The molecule has 0 bridgehead atoms. The third-order valence-electron chi connectivity index (χ3n) is 6.15. The van der Waals surface area contributed by atoms with Gasteiger partial charge in [-0.05, 0) is 48.7 Å². The van der Waals surface area contributed by atoms with Crippen LogP contribution in [0.3, 0.4) is 0 Å². The summed E-state index contributed by atoms with van der Waals surface area (Å²) < 4.78 is 34.1. The molecule has 1 saturated heterocycles. The van der Waals surface area contributed by atoms with Crippen LogP contribution in [0.2, 0.25) is 0 Å². The van der Waals surface area contributed by atoms with Crippen LogP contribution in [0.25, 0.3) is 6.08 Å². The number of fused-ring (bicyclic) bond motifs is 3. The van der Waals surface area contributed by atoms with E-state index in [4.69, 9.17) is 28.4 Å². The van der Waals surface area contributed by atoms with Crippen LogP contribution in [0.4, 0.5) is 0 Å². The van der Waals surface area contributed by atoms with Crippen molar-refractivity contribution >= 4 is 11.9 Å². The molecule has 174 valence electrons. The zero-order valence-electron chi connectivity index (χ0n) is 19.0. The van der Waals surface area contributed by atoms with Gasteiger partial charge >= 0.3 is 0 Å². The van der Waals surface area contributed by atoms with Gasteiger partial charge in [0.2, 0.25) is 11.5 Å². The lowest BCUT2D eigenvalue weighted by atomic mass is 10.0. The predicted octanol–water partition coefficient (Wildman–Crippen LogP) is 3.66. The Balaban J connectivity index is 1.43. The van der Waals surface area contributed by atoms with Gasteiger partial charge in [-0.1, -0.05) is 0 Å². The standard InChI is InChI=1S/C25H27NO7/c1-28-21-10-15(11-22(29-2)25(21)30-3)9-20-23(27)17-6-7-19-18(24(17)33-20)13-26(14-32-19)12-16-5-4-8-31-16/h6-7,9-11,16H,4-5,8,12-14H2,1-3H3/b20-9-/t16-/m1/s1. The zero-order valence-corrected chi connectivity index (χ0v) is 19.0. The average molecular weight is 453 g/mol. The van der Waals surface area contributed by atoms with E-state index in [0.717, 1.165) is 37.3 Å². The molecule has 0 aliphatic carbocycles. The number of methoxy groups -OCH3 is 3. The van der Waals surface area contributed by atoms with E-state index in [-0.39, 0.29) is 17.6 Å². The van der Waals surface area contributed by atoms with Crippen LogP contribution in [0, 0.1) is 0 Å². The summed E-state index contributed by atoms with van der Waals surface area (Å²) in [6.45, 7) is 2.75. The van der Waals surface area contributed by atoms with Gasteiger partial charge in [0.25, 0.3) is 0 Å². The molecule has 3 heterocycles. The molecule has 0 aromatic heterocycles. The lowest BCUT2D eigenvalue weighted by Crippen LogP contribution is -2.37. The second-order valence-corrected chi connectivity index (χ2v) is 8.24. The highest BCUT2D eigenvalue weighted by atomic mass is 16.5. The topological polar surface area (TPSA) is 75.7 Å². The molecular weight excluding hydrogens is 426 g/mol.